The maximum atomic E-state index is 3.75. The minimum atomic E-state index is 0.762. The predicted octanol–water partition coefficient (Wildman–Crippen LogP) is 3.91. The third-order valence-corrected chi connectivity index (χ3v) is 5.87. The molecule has 2 saturated carbocycles. The van der Waals surface area contributed by atoms with E-state index in [1.54, 1.807) is 0 Å². The molecule has 5 atom stereocenters. The molecule has 0 aromatic heterocycles. The van der Waals surface area contributed by atoms with Crippen molar-refractivity contribution in [2.75, 3.05) is 20.1 Å². The second kappa shape index (κ2) is 7.79. The lowest BCUT2D eigenvalue weighted by atomic mass is 9.77. The van der Waals surface area contributed by atoms with Crippen molar-refractivity contribution in [3.05, 3.63) is 0 Å². The molecule has 0 aromatic rings. The zero-order chi connectivity index (χ0) is 14.5. The van der Waals surface area contributed by atoms with E-state index in [1.165, 1.54) is 51.5 Å². The van der Waals surface area contributed by atoms with E-state index in [1.807, 2.05) is 0 Å². The minimum Gasteiger partial charge on any atom is -0.314 e. The number of hydrogen-bond donors (Lipinski definition) is 1. The normalized spacial score (nSPS) is 39.1. The van der Waals surface area contributed by atoms with Gasteiger partial charge in [0.1, 0.15) is 0 Å². The largest absolute Gasteiger partial charge is 0.314 e. The van der Waals surface area contributed by atoms with Crippen LogP contribution in [0.25, 0.3) is 0 Å². The Bertz CT molecular complexity index is 279. The summed E-state index contributed by atoms with van der Waals surface area (Å²) in [6.07, 6.45) is 9.97. The Morgan fingerprint density at radius 3 is 2.50 bits per heavy atom. The highest BCUT2D eigenvalue weighted by atomic mass is 15.1. The van der Waals surface area contributed by atoms with Gasteiger partial charge in [0.15, 0.2) is 0 Å². The summed E-state index contributed by atoms with van der Waals surface area (Å²) in [6.45, 7) is 9.59. The zero-order valence-corrected chi connectivity index (χ0v) is 14.2. The van der Waals surface area contributed by atoms with Crippen molar-refractivity contribution in [2.24, 2.45) is 17.8 Å². The van der Waals surface area contributed by atoms with Crippen LogP contribution in [0.2, 0.25) is 0 Å². The van der Waals surface area contributed by atoms with Crippen LogP contribution < -0.4 is 5.32 Å². The number of rotatable bonds is 5. The maximum absolute atomic E-state index is 3.75. The smallest absolute Gasteiger partial charge is 0.0118 e. The van der Waals surface area contributed by atoms with Gasteiger partial charge < -0.3 is 10.2 Å². The van der Waals surface area contributed by atoms with Gasteiger partial charge in [0.2, 0.25) is 0 Å². The molecule has 0 bridgehead atoms. The van der Waals surface area contributed by atoms with Gasteiger partial charge in [-0.05, 0) is 63.5 Å². The summed E-state index contributed by atoms with van der Waals surface area (Å²) in [7, 11) is 2.38. The molecule has 0 aromatic carbocycles. The Morgan fingerprint density at radius 1 is 1.05 bits per heavy atom. The molecular formula is C18H36N2. The van der Waals surface area contributed by atoms with Gasteiger partial charge in [0, 0.05) is 18.6 Å². The van der Waals surface area contributed by atoms with Crippen molar-refractivity contribution in [2.45, 2.75) is 77.8 Å². The van der Waals surface area contributed by atoms with E-state index in [9.17, 15) is 0 Å². The number of hydrogen-bond acceptors (Lipinski definition) is 2. The Labute approximate surface area is 126 Å². The molecule has 0 amide bonds. The highest BCUT2D eigenvalue weighted by Crippen LogP contribution is 2.32. The van der Waals surface area contributed by atoms with Crippen molar-refractivity contribution in [3.63, 3.8) is 0 Å². The molecule has 0 heterocycles. The second-order valence-electron chi connectivity index (χ2n) is 7.61. The molecule has 20 heavy (non-hydrogen) atoms. The summed E-state index contributed by atoms with van der Waals surface area (Å²) < 4.78 is 0. The minimum absolute atomic E-state index is 0.762. The Morgan fingerprint density at radius 2 is 1.80 bits per heavy atom. The highest BCUT2D eigenvalue weighted by molar-refractivity contribution is 4.87. The van der Waals surface area contributed by atoms with Crippen LogP contribution in [-0.4, -0.2) is 37.1 Å². The van der Waals surface area contributed by atoms with E-state index in [0.29, 0.717) is 0 Å². The maximum Gasteiger partial charge on any atom is 0.0118 e. The fourth-order valence-corrected chi connectivity index (χ4v) is 4.69. The Kier molecular flexibility index (Phi) is 6.35. The van der Waals surface area contributed by atoms with E-state index in [0.717, 1.165) is 36.4 Å². The van der Waals surface area contributed by atoms with Crippen LogP contribution in [-0.2, 0) is 0 Å². The van der Waals surface area contributed by atoms with Crippen LogP contribution in [0, 0.1) is 17.8 Å². The summed E-state index contributed by atoms with van der Waals surface area (Å²) in [4.78, 5) is 2.71. The molecule has 118 valence electrons. The van der Waals surface area contributed by atoms with Crippen molar-refractivity contribution in [1.29, 1.82) is 0 Å². The highest BCUT2D eigenvalue weighted by Gasteiger charge is 2.32. The van der Waals surface area contributed by atoms with Crippen LogP contribution in [0.4, 0.5) is 0 Å². The Hall–Kier alpha value is -0.0800. The van der Waals surface area contributed by atoms with Crippen LogP contribution in [0.1, 0.15) is 65.7 Å². The molecule has 2 nitrogen and oxygen atoms in total. The Balaban J connectivity index is 1.90. The first-order valence-electron chi connectivity index (χ1n) is 9.05. The van der Waals surface area contributed by atoms with Gasteiger partial charge in [-0.3, -0.25) is 0 Å². The second-order valence-corrected chi connectivity index (χ2v) is 7.61. The zero-order valence-electron chi connectivity index (χ0n) is 14.2. The summed E-state index contributed by atoms with van der Waals surface area (Å²) in [5, 5.41) is 3.75. The van der Waals surface area contributed by atoms with Gasteiger partial charge in [-0.25, -0.2) is 0 Å². The van der Waals surface area contributed by atoms with E-state index < -0.39 is 0 Å². The van der Waals surface area contributed by atoms with Crippen molar-refractivity contribution in [1.82, 2.24) is 10.2 Å². The molecule has 2 fully saturated rings. The summed E-state index contributed by atoms with van der Waals surface area (Å²) in [6, 6.07) is 1.60. The van der Waals surface area contributed by atoms with Crippen LogP contribution >= 0.6 is 0 Å². The third kappa shape index (κ3) is 4.21. The van der Waals surface area contributed by atoms with Crippen LogP contribution in [0.3, 0.4) is 0 Å². The van der Waals surface area contributed by atoms with Crippen molar-refractivity contribution in [3.8, 4) is 0 Å². The average molecular weight is 280 g/mol. The van der Waals surface area contributed by atoms with E-state index in [-0.39, 0.29) is 0 Å². The van der Waals surface area contributed by atoms with Gasteiger partial charge in [-0.15, -0.1) is 0 Å². The first kappa shape index (κ1) is 16.3. The lowest BCUT2D eigenvalue weighted by Crippen LogP contribution is -2.48. The van der Waals surface area contributed by atoms with Crippen molar-refractivity contribution < 1.29 is 0 Å². The molecule has 2 heteroatoms. The SMILES string of the molecule is CCNC1CCC(C)CC1CN(C)C1CCCCC1C. The van der Waals surface area contributed by atoms with Gasteiger partial charge in [0.05, 0.1) is 0 Å². The molecule has 0 saturated heterocycles. The molecule has 2 aliphatic rings. The van der Waals surface area contributed by atoms with Gasteiger partial charge >= 0.3 is 0 Å². The fraction of sp³-hybridized carbons (Fsp3) is 1.00. The third-order valence-electron chi connectivity index (χ3n) is 5.87. The standard InChI is InChI=1S/C18H36N2/c1-5-19-17-11-10-14(2)12-16(17)13-20(4)18-9-7-6-8-15(18)3/h14-19H,5-13H2,1-4H3. The topological polar surface area (TPSA) is 15.3 Å². The molecule has 0 spiro atoms. The van der Waals surface area contributed by atoms with E-state index in [4.69, 9.17) is 0 Å². The van der Waals surface area contributed by atoms with Crippen LogP contribution in [0.15, 0.2) is 0 Å². The first-order chi connectivity index (χ1) is 9.61. The molecule has 0 radical (unpaired) electrons. The van der Waals surface area contributed by atoms with E-state index in [2.05, 4.69) is 38.0 Å². The number of nitrogens with one attached hydrogen (secondary N) is 1. The lowest BCUT2D eigenvalue weighted by molar-refractivity contribution is 0.0910. The average Bonchev–Trinajstić information content (AvgIpc) is 2.42. The summed E-state index contributed by atoms with van der Waals surface area (Å²) in [5.41, 5.74) is 0. The monoisotopic (exact) mass is 280 g/mol. The fourth-order valence-electron chi connectivity index (χ4n) is 4.69. The lowest BCUT2D eigenvalue weighted by Gasteiger charge is -2.42. The molecule has 2 rings (SSSR count). The van der Waals surface area contributed by atoms with Gasteiger partial charge in [-0.1, -0.05) is 33.6 Å². The van der Waals surface area contributed by atoms with Crippen molar-refractivity contribution >= 4 is 0 Å². The number of nitrogens with zero attached hydrogens (tertiary/aromatic N) is 1. The summed E-state index contributed by atoms with van der Waals surface area (Å²) >= 11 is 0. The van der Waals surface area contributed by atoms with Gasteiger partial charge in [0.25, 0.3) is 0 Å². The molecule has 1 N–H and O–H groups in total. The van der Waals surface area contributed by atoms with E-state index >= 15 is 0 Å². The quantitative estimate of drug-likeness (QED) is 0.821. The molecule has 0 aliphatic heterocycles. The molecule has 5 unspecified atom stereocenters. The summed E-state index contributed by atoms with van der Waals surface area (Å²) in [5.74, 6) is 2.68. The van der Waals surface area contributed by atoms with Gasteiger partial charge in [-0.2, -0.15) is 0 Å². The first-order valence-corrected chi connectivity index (χ1v) is 9.05. The molecular weight excluding hydrogens is 244 g/mol. The van der Waals surface area contributed by atoms with Crippen LogP contribution in [0.5, 0.6) is 0 Å². The molecule has 2 aliphatic carbocycles. The predicted molar refractivity (Wildman–Crippen MR) is 88.0 cm³/mol.